The molecule has 2 aliphatic rings. The van der Waals surface area contributed by atoms with Gasteiger partial charge in [-0.1, -0.05) is 6.07 Å². The second-order valence-corrected chi connectivity index (χ2v) is 8.98. The first-order valence-corrected chi connectivity index (χ1v) is 11.4. The van der Waals surface area contributed by atoms with Crippen molar-refractivity contribution >= 4 is 5.91 Å². The molecular formula is C25H21F3N6O. The van der Waals surface area contributed by atoms with E-state index in [1.165, 1.54) is 4.80 Å². The van der Waals surface area contributed by atoms with E-state index in [4.69, 9.17) is 0 Å². The number of hydrogen-bond acceptors (Lipinski definition) is 4. The number of piperidine rings is 1. The molecular weight excluding hydrogens is 457 g/mol. The van der Waals surface area contributed by atoms with Crippen LogP contribution >= 0.6 is 0 Å². The van der Waals surface area contributed by atoms with Gasteiger partial charge in [0.15, 0.2) is 17.5 Å². The van der Waals surface area contributed by atoms with Crippen LogP contribution in [0.4, 0.5) is 13.2 Å². The summed E-state index contributed by atoms with van der Waals surface area (Å²) in [7, 11) is 1.70. The van der Waals surface area contributed by atoms with Crippen molar-refractivity contribution in [2.45, 2.75) is 37.8 Å². The van der Waals surface area contributed by atoms with Crippen LogP contribution in [0.1, 0.15) is 46.9 Å². The van der Waals surface area contributed by atoms with Gasteiger partial charge in [0.25, 0.3) is 5.91 Å². The highest BCUT2D eigenvalue weighted by molar-refractivity contribution is 5.95. The molecule has 0 N–H and O–H groups in total. The molecule has 2 aromatic carbocycles. The standard InChI is InChI=1S/C25H21F3N6O/c1-32-24(15-11-19(26)22(28)20(27)12-15)18-13-16-5-3-7-21(23(18)31-32)33(16)25(35)14-4-2-6-17(10-14)34-29-8-9-30-34/h2,4,6,8-12,16,21H,3,5,7,13H2,1H3/t16-,21+/m0/s1. The van der Waals surface area contributed by atoms with Crippen LogP contribution in [-0.2, 0) is 13.5 Å². The molecule has 0 radical (unpaired) electrons. The lowest BCUT2D eigenvalue weighted by Gasteiger charge is -2.45. The van der Waals surface area contributed by atoms with Crippen LogP contribution in [-0.4, -0.2) is 41.6 Å². The topological polar surface area (TPSA) is 68.8 Å². The van der Waals surface area contributed by atoms with Crippen LogP contribution in [0.3, 0.4) is 0 Å². The first kappa shape index (κ1) is 21.6. The number of benzene rings is 2. The third kappa shape index (κ3) is 3.43. The highest BCUT2D eigenvalue weighted by Crippen LogP contribution is 2.45. The van der Waals surface area contributed by atoms with E-state index in [9.17, 15) is 18.0 Å². The Morgan fingerprint density at radius 2 is 1.77 bits per heavy atom. The fraction of sp³-hybridized carbons (Fsp3) is 0.280. The summed E-state index contributed by atoms with van der Waals surface area (Å²) >= 11 is 0. The molecule has 2 aromatic heterocycles. The van der Waals surface area contributed by atoms with Gasteiger partial charge in [0, 0.05) is 29.8 Å². The number of nitrogens with zero attached hydrogens (tertiary/aromatic N) is 6. The van der Waals surface area contributed by atoms with E-state index < -0.39 is 17.5 Å². The number of amides is 1. The van der Waals surface area contributed by atoms with E-state index >= 15 is 0 Å². The van der Waals surface area contributed by atoms with E-state index in [1.807, 2.05) is 11.0 Å². The molecule has 178 valence electrons. The third-order valence-corrected chi connectivity index (χ3v) is 6.91. The van der Waals surface area contributed by atoms with Crippen molar-refractivity contribution in [3.8, 4) is 16.9 Å². The average molecular weight is 478 g/mol. The minimum absolute atomic E-state index is 0.0849. The number of aromatic nitrogens is 5. The van der Waals surface area contributed by atoms with Crippen molar-refractivity contribution < 1.29 is 18.0 Å². The summed E-state index contributed by atoms with van der Waals surface area (Å²) < 4.78 is 43.2. The SMILES string of the molecule is Cn1nc2c(c1-c1cc(F)c(F)c(F)c1)C[C@@H]1CCC[C@H]2N1C(=O)c1cccc(-n2nccn2)c1. The number of halogens is 3. The molecule has 1 fully saturated rings. The van der Waals surface area contributed by atoms with Gasteiger partial charge >= 0.3 is 0 Å². The fourth-order valence-corrected chi connectivity index (χ4v) is 5.46. The Morgan fingerprint density at radius 3 is 2.51 bits per heavy atom. The lowest BCUT2D eigenvalue weighted by molar-refractivity contribution is 0.0392. The van der Waals surface area contributed by atoms with Crippen LogP contribution < -0.4 is 0 Å². The molecule has 1 saturated heterocycles. The molecule has 35 heavy (non-hydrogen) atoms. The summed E-state index contributed by atoms with van der Waals surface area (Å²) in [5.74, 6) is -4.08. The predicted octanol–water partition coefficient (Wildman–Crippen LogP) is 4.38. The van der Waals surface area contributed by atoms with Crippen molar-refractivity contribution in [1.82, 2.24) is 29.7 Å². The Morgan fingerprint density at radius 1 is 1.03 bits per heavy atom. The second kappa shape index (κ2) is 8.07. The minimum atomic E-state index is -1.49. The summed E-state index contributed by atoms with van der Waals surface area (Å²) in [4.78, 5) is 17.1. The Kier molecular flexibility index (Phi) is 4.98. The number of aryl methyl sites for hydroxylation is 1. The quantitative estimate of drug-likeness (QED) is 0.410. The van der Waals surface area contributed by atoms with E-state index in [2.05, 4.69) is 15.3 Å². The fourth-order valence-electron chi connectivity index (χ4n) is 5.46. The molecule has 6 rings (SSSR count). The van der Waals surface area contributed by atoms with Crippen LogP contribution in [0.15, 0.2) is 48.8 Å². The van der Waals surface area contributed by atoms with E-state index in [1.54, 1.807) is 42.3 Å². The van der Waals surface area contributed by atoms with Crippen molar-refractivity contribution in [3.63, 3.8) is 0 Å². The molecule has 2 bridgehead atoms. The van der Waals surface area contributed by atoms with Gasteiger partial charge in [0.1, 0.15) is 0 Å². The van der Waals surface area contributed by atoms with Crippen molar-refractivity contribution in [3.05, 3.63) is 83.1 Å². The highest BCUT2D eigenvalue weighted by Gasteiger charge is 2.43. The van der Waals surface area contributed by atoms with E-state index in [0.717, 1.165) is 42.7 Å². The predicted molar refractivity (Wildman–Crippen MR) is 120 cm³/mol. The number of carbonyl (C=O) groups excluding carboxylic acids is 1. The summed E-state index contributed by atoms with van der Waals surface area (Å²) in [5.41, 5.74) is 3.57. The molecule has 0 saturated carbocycles. The van der Waals surface area contributed by atoms with E-state index in [0.29, 0.717) is 23.4 Å². The molecule has 0 spiro atoms. The summed E-state index contributed by atoms with van der Waals surface area (Å²) in [5, 5.41) is 12.9. The van der Waals surface area contributed by atoms with Gasteiger partial charge in [-0.25, -0.2) is 13.2 Å². The molecule has 1 amide bonds. The Labute approximate surface area is 198 Å². The van der Waals surface area contributed by atoms with Crippen LogP contribution in [0.2, 0.25) is 0 Å². The zero-order valence-corrected chi connectivity index (χ0v) is 18.8. The van der Waals surface area contributed by atoms with Crippen molar-refractivity contribution in [2.24, 2.45) is 7.05 Å². The lowest BCUT2D eigenvalue weighted by atomic mass is 9.81. The second-order valence-electron chi connectivity index (χ2n) is 8.98. The molecule has 10 heteroatoms. The largest absolute Gasteiger partial charge is 0.327 e. The van der Waals surface area contributed by atoms with Gasteiger partial charge in [0.2, 0.25) is 0 Å². The van der Waals surface area contributed by atoms with Crippen LogP contribution in [0.25, 0.3) is 16.9 Å². The van der Waals surface area contributed by atoms with E-state index in [-0.39, 0.29) is 23.6 Å². The summed E-state index contributed by atoms with van der Waals surface area (Å²) in [6.45, 7) is 0. The molecule has 4 aromatic rings. The smallest absolute Gasteiger partial charge is 0.254 e. The molecule has 2 atom stereocenters. The maximum Gasteiger partial charge on any atom is 0.254 e. The zero-order chi connectivity index (χ0) is 24.3. The van der Waals surface area contributed by atoms with Crippen molar-refractivity contribution in [2.75, 3.05) is 0 Å². The number of rotatable bonds is 3. The van der Waals surface area contributed by atoms with Crippen LogP contribution in [0.5, 0.6) is 0 Å². The summed E-state index contributed by atoms with van der Waals surface area (Å²) in [6.07, 6.45) is 6.13. The van der Waals surface area contributed by atoms with Crippen LogP contribution in [0, 0.1) is 17.5 Å². The van der Waals surface area contributed by atoms with Gasteiger partial charge in [-0.2, -0.15) is 20.1 Å². The van der Waals surface area contributed by atoms with Gasteiger partial charge in [0.05, 0.1) is 35.5 Å². The average Bonchev–Trinajstić information content (AvgIpc) is 3.50. The van der Waals surface area contributed by atoms with Gasteiger partial charge < -0.3 is 4.90 Å². The molecule has 7 nitrogen and oxygen atoms in total. The van der Waals surface area contributed by atoms with Gasteiger partial charge in [-0.05, 0) is 56.0 Å². The molecule has 0 aliphatic carbocycles. The maximum atomic E-state index is 14.0. The Hall–Kier alpha value is -3.95. The molecule has 2 aliphatic heterocycles. The first-order valence-electron chi connectivity index (χ1n) is 11.4. The number of fused-ring (bicyclic) bond motifs is 4. The van der Waals surface area contributed by atoms with Gasteiger partial charge in [-0.3, -0.25) is 9.48 Å². The molecule has 4 heterocycles. The van der Waals surface area contributed by atoms with Crippen molar-refractivity contribution in [1.29, 1.82) is 0 Å². The molecule has 0 unspecified atom stereocenters. The monoisotopic (exact) mass is 478 g/mol. The number of carbonyl (C=O) groups is 1. The maximum absolute atomic E-state index is 14.0. The third-order valence-electron chi connectivity index (χ3n) is 6.91. The number of hydrogen-bond donors (Lipinski definition) is 0. The normalized spacial score (nSPS) is 19.0. The Balaban J connectivity index is 1.40. The zero-order valence-electron chi connectivity index (χ0n) is 18.8. The first-order chi connectivity index (χ1) is 16.9. The summed E-state index contributed by atoms with van der Waals surface area (Å²) in [6, 6.07) is 8.82. The Bertz CT molecular complexity index is 1420. The lowest BCUT2D eigenvalue weighted by Crippen LogP contribution is -2.49. The minimum Gasteiger partial charge on any atom is -0.327 e. The van der Waals surface area contributed by atoms with Gasteiger partial charge in [-0.15, -0.1) is 0 Å². The highest BCUT2D eigenvalue weighted by atomic mass is 19.2.